The van der Waals surface area contributed by atoms with Crippen LogP contribution in [-0.2, 0) is 6.42 Å². The number of aromatic amines is 1. The minimum atomic E-state index is -0.330. The Labute approximate surface area is 120 Å². The number of hydrogen-bond donors (Lipinski definition) is 2. The first-order valence-corrected chi connectivity index (χ1v) is 6.55. The Morgan fingerprint density at radius 1 is 1.19 bits per heavy atom. The van der Waals surface area contributed by atoms with Gasteiger partial charge in [-0.05, 0) is 17.5 Å². The summed E-state index contributed by atoms with van der Waals surface area (Å²) in [6.45, 7) is 0.430. The highest BCUT2D eigenvalue weighted by Crippen LogP contribution is 2.21. The number of fused-ring (bicyclic) bond motifs is 1. The minimum absolute atomic E-state index is 0.231. The number of carbonyl (C=O) groups excluding carboxylic acids is 1. The second-order valence-electron chi connectivity index (χ2n) is 4.58. The molecule has 21 heavy (non-hydrogen) atoms. The average molecular weight is 284 g/mol. The number of nitrogens with zero attached hydrogens (tertiary/aromatic N) is 2. The molecule has 0 aliphatic carbocycles. The van der Waals surface area contributed by atoms with Crippen molar-refractivity contribution in [3.05, 3.63) is 59.9 Å². The SMILES string of the molecule is O=C(NCCc1ncn[nH]1)c1ccc(F)c2ccccc12. The first-order valence-electron chi connectivity index (χ1n) is 6.55. The van der Waals surface area contributed by atoms with Gasteiger partial charge in [-0.1, -0.05) is 24.3 Å². The lowest BCUT2D eigenvalue weighted by molar-refractivity contribution is 0.0955. The Kier molecular flexibility index (Phi) is 3.59. The average Bonchev–Trinajstić information content (AvgIpc) is 3.01. The number of H-pyrrole nitrogens is 1. The summed E-state index contributed by atoms with van der Waals surface area (Å²) in [4.78, 5) is 16.2. The van der Waals surface area contributed by atoms with Gasteiger partial charge in [-0.2, -0.15) is 5.10 Å². The molecule has 0 spiro atoms. The van der Waals surface area contributed by atoms with Crippen LogP contribution >= 0.6 is 0 Å². The molecule has 1 amide bonds. The molecule has 1 heterocycles. The number of rotatable bonds is 4. The van der Waals surface area contributed by atoms with E-state index in [0.717, 1.165) is 0 Å². The van der Waals surface area contributed by atoms with Crippen molar-refractivity contribution in [3.63, 3.8) is 0 Å². The van der Waals surface area contributed by atoms with E-state index in [1.54, 1.807) is 24.3 Å². The molecule has 0 saturated carbocycles. The highest BCUT2D eigenvalue weighted by molar-refractivity contribution is 6.07. The fraction of sp³-hybridized carbons (Fsp3) is 0.133. The first kappa shape index (κ1) is 13.2. The van der Waals surface area contributed by atoms with Crippen molar-refractivity contribution >= 4 is 16.7 Å². The first-order chi connectivity index (χ1) is 10.3. The fourth-order valence-corrected chi connectivity index (χ4v) is 2.20. The summed E-state index contributed by atoms with van der Waals surface area (Å²) in [5.74, 6) is 0.147. The van der Waals surface area contributed by atoms with E-state index in [4.69, 9.17) is 0 Å². The molecular weight excluding hydrogens is 271 g/mol. The summed E-state index contributed by atoms with van der Waals surface area (Å²) in [6, 6.07) is 9.75. The molecule has 0 aliphatic heterocycles. The van der Waals surface area contributed by atoms with E-state index in [0.29, 0.717) is 35.1 Å². The number of nitrogens with one attached hydrogen (secondary N) is 2. The summed E-state index contributed by atoms with van der Waals surface area (Å²) < 4.78 is 13.7. The van der Waals surface area contributed by atoms with Crippen LogP contribution in [0.1, 0.15) is 16.2 Å². The summed E-state index contributed by atoms with van der Waals surface area (Å²) >= 11 is 0. The maximum atomic E-state index is 13.7. The molecular formula is C15H13FN4O. The third-order valence-electron chi connectivity index (χ3n) is 3.23. The zero-order chi connectivity index (χ0) is 14.7. The molecule has 0 saturated heterocycles. The van der Waals surface area contributed by atoms with Crippen LogP contribution < -0.4 is 5.32 Å². The Bertz CT molecular complexity index is 770. The highest BCUT2D eigenvalue weighted by atomic mass is 19.1. The van der Waals surface area contributed by atoms with Crippen molar-refractivity contribution in [2.75, 3.05) is 6.54 Å². The third-order valence-corrected chi connectivity index (χ3v) is 3.23. The Morgan fingerprint density at radius 3 is 2.76 bits per heavy atom. The van der Waals surface area contributed by atoms with Crippen LogP contribution in [0.4, 0.5) is 4.39 Å². The fourth-order valence-electron chi connectivity index (χ4n) is 2.20. The molecule has 5 nitrogen and oxygen atoms in total. The second-order valence-corrected chi connectivity index (χ2v) is 4.58. The lowest BCUT2D eigenvalue weighted by atomic mass is 10.0. The van der Waals surface area contributed by atoms with E-state index in [-0.39, 0.29) is 11.7 Å². The molecule has 2 aromatic carbocycles. The van der Waals surface area contributed by atoms with Crippen LogP contribution in [-0.4, -0.2) is 27.6 Å². The third kappa shape index (κ3) is 2.74. The van der Waals surface area contributed by atoms with Crippen LogP contribution in [0.15, 0.2) is 42.7 Å². The predicted molar refractivity (Wildman–Crippen MR) is 76.3 cm³/mol. The van der Waals surface area contributed by atoms with Gasteiger partial charge in [-0.15, -0.1) is 0 Å². The standard InChI is InChI=1S/C15H13FN4O/c16-13-6-5-12(10-3-1-2-4-11(10)13)15(21)17-8-7-14-18-9-19-20-14/h1-6,9H,7-8H2,(H,17,21)(H,18,19,20). The van der Waals surface area contributed by atoms with Gasteiger partial charge in [0, 0.05) is 23.9 Å². The maximum Gasteiger partial charge on any atom is 0.251 e. The van der Waals surface area contributed by atoms with Crippen LogP contribution in [0, 0.1) is 5.82 Å². The number of carbonyl (C=O) groups is 1. The lowest BCUT2D eigenvalue weighted by Crippen LogP contribution is -2.26. The van der Waals surface area contributed by atoms with Gasteiger partial charge < -0.3 is 5.32 Å². The number of benzene rings is 2. The van der Waals surface area contributed by atoms with Crippen molar-refractivity contribution < 1.29 is 9.18 Å². The van der Waals surface area contributed by atoms with Crippen molar-refractivity contribution in [1.82, 2.24) is 20.5 Å². The van der Waals surface area contributed by atoms with Crippen molar-refractivity contribution in [2.24, 2.45) is 0 Å². The topological polar surface area (TPSA) is 70.7 Å². The van der Waals surface area contributed by atoms with E-state index < -0.39 is 0 Å². The molecule has 2 N–H and O–H groups in total. The molecule has 0 fully saturated rings. The van der Waals surface area contributed by atoms with Crippen LogP contribution in [0.25, 0.3) is 10.8 Å². The van der Waals surface area contributed by atoms with Gasteiger partial charge >= 0.3 is 0 Å². The Hall–Kier alpha value is -2.76. The van der Waals surface area contributed by atoms with Crippen molar-refractivity contribution in [2.45, 2.75) is 6.42 Å². The Balaban J connectivity index is 1.77. The number of aromatic nitrogens is 3. The van der Waals surface area contributed by atoms with E-state index in [2.05, 4.69) is 20.5 Å². The molecule has 6 heteroatoms. The molecule has 0 unspecified atom stereocenters. The van der Waals surface area contributed by atoms with Gasteiger partial charge in [0.15, 0.2) is 0 Å². The largest absolute Gasteiger partial charge is 0.352 e. The zero-order valence-corrected chi connectivity index (χ0v) is 11.1. The van der Waals surface area contributed by atoms with Gasteiger partial charge in [0.2, 0.25) is 0 Å². The minimum Gasteiger partial charge on any atom is -0.352 e. The van der Waals surface area contributed by atoms with Crippen LogP contribution in [0.5, 0.6) is 0 Å². The van der Waals surface area contributed by atoms with Crippen molar-refractivity contribution in [1.29, 1.82) is 0 Å². The Morgan fingerprint density at radius 2 is 2.00 bits per heavy atom. The van der Waals surface area contributed by atoms with Gasteiger partial charge in [0.05, 0.1) is 0 Å². The normalized spacial score (nSPS) is 10.7. The number of amides is 1. The highest BCUT2D eigenvalue weighted by Gasteiger charge is 2.11. The van der Waals surface area contributed by atoms with Gasteiger partial charge in [0.1, 0.15) is 18.0 Å². The van der Waals surface area contributed by atoms with Gasteiger partial charge in [0.25, 0.3) is 5.91 Å². The van der Waals surface area contributed by atoms with E-state index in [1.807, 2.05) is 0 Å². The van der Waals surface area contributed by atoms with Gasteiger partial charge in [-0.25, -0.2) is 9.37 Å². The molecule has 3 aromatic rings. The number of halogens is 1. The maximum absolute atomic E-state index is 13.7. The lowest BCUT2D eigenvalue weighted by Gasteiger charge is -2.08. The predicted octanol–water partition coefficient (Wildman–Crippen LogP) is 2.07. The quantitative estimate of drug-likeness (QED) is 0.770. The molecule has 0 radical (unpaired) electrons. The van der Waals surface area contributed by atoms with E-state index in [9.17, 15) is 9.18 Å². The van der Waals surface area contributed by atoms with Crippen LogP contribution in [0.2, 0.25) is 0 Å². The van der Waals surface area contributed by atoms with Crippen molar-refractivity contribution in [3.8, 4) is 0 Å². The van der Waals surface area contributed by atoms with E-state index in [1.165, 1.54) is 18.5 Å². The summed E-state index contributed by atoms with van der Waals surface area (Å²) in [5, 5.41) is 10.3. The van der Waals surface area contributed by atoms with Crippen LogP contribution in [0.3, 0.4) is 0 Å². The summed E-state index contributed by atoms with van der Waals surface area (Å²) in [5.41, 5.74) is 0.463. The molecule has 0 bridgehead atoms. The number of hydrogen-bond acceptors (Lipinski definition) is 3. The molecule has 3 rings (SSSR count). The second kappa shape index (κ2) is 5.70. The monoisotopic (exact) mass is 284 g/mol. The zero-order valence-electron chi connectivity index (χ0n) is 11.1. The molecule has 1 aromatic heterocycles. The molecule has 0 aliphatic rings. The summed E-state index contributed by atoms with van der Waals surface area (Å²) in [6.07, 6.45) is 1.98. The molecule has 0 atom stereocenters. The molecule has 106 valence electrons. The summed E-state index contributed by atoms with van der Waals surface area (Å²) in [7, 11) is 0. The van der Waals surface area contributed by atoms with Gasteiger partial charge in [-0.3, -0.25) is 9.89 Å². The van der Waals surface area contributed by atoms with E-state index >= 15 is 0 Å². The smallest absolute Gasteiger partial charge is 0.251 e.